The van der Waals surface area contributed by atoms with Crippen LogP contribution in [0.5, 0.6) is 0 Å². The summed E-state index contributed by atoms with van der Waals surface area (Å²) in [6, 6.07) is 10.4. The molecule has 20 heavy (non-hydrogen) atoms. The maximum Gasteiger partial charge on any atom is 0.0446 e. The Kier molecular flexibility index (Phi) is 3.56. The average Bonchev–Trinajstić information content (AvgIpc) is 2.99. The van der Waals surface area contributed by atoms with E-state index in [4.69, 9.17) is 5.73 Å². The highest BCUT2D eigenvalue weighted by atomic mass is 32.1. The van der Waals surface area contributed by atoms with Crippen molar-refractivity contribution in [3.63, 3.8) is 0 Å². The molecule has 2 N–H and O–H groups in total. The number of anilines is 2. The average molecular weight is 283 g/mol. The van der Waals surface area contributed by atoms with Crippen molar-refractivity contribution in [2.24, 2.45) is 0 Å². The molecule has 0 atom stereocenters. The van der Waals surface area contributed by atoms with E-state index >= 15 is 0 Å². The predicted octanol–water partition coefficient (Wildman–Crippen LogP) is 3.56. The third-order valence-electron chi connectivity index (χ3n) is 3.51. The van der Waals surface area contributed by atoms with Gasteiger partial charge in [0, 0.05) is 53.0 Å². The van der Waals surface area contributed by atoms with Crippen LogP contribution in [0.2, 0.25) is 0 Å². The molecule has 0 saturated carbocycles. The van der Waals surface area contributed by atoms with Crippen LogP contribution in [-0.4, -0.2) is 18.6 Å². The van der Waals surface area contributed by atoms with Crippen molar-refractivity contribution in [1.82, 2.24) is 4.98 Å². The molecular formula is C16H17N3S. The summed E-state index contributed by atoms with van der Waals surface area (Å²) in [4.78, 5) is 7.86. The van der Waals surface area contributed by atoms with Crippen LogP contribution in [0.3, 0.4) is 0 Å². The van der Waals surface area contributed by atoms with Gasteiger partial charge in [0.2, 0.25) is 0 Å². The lowest BCUT2D eigenvalue weighted by Gasteiger charge is -2.21. The van der Waals surface area contributed by atoms with Crippen LogP contribution in [0.4, 0.5) is 11.4 Å². The number of aromatic nitrogens is 1. The second-order valence-electron chi connectivity index (χ2n) is 4.85. The number of pyridine rings is 1. The summed E-state index contributed by atoms with van der Waals surface area (Å²) >= 11 is 1.81. The lowest BCUT2D eigenvalue weighted by molar-refractivity contribution is 0.891. The third kappa shape index (κ3) is 2.47. The van der Waals surface area contributed by atoms with E-state index in [0.717, 1.165) is 29.4 Å². The summed E-state index contributed by atoms with van der Waals surface area (Å²) in [7, 11) is 2.12. The molecule has 2 heterocycles. The predicted molar refractivity (Wildman–Crippen MR) is 87.4 cm³/mol. The Bertz CT molecular complexity index is 707. The molecule has 0 aliphatic carbocycles. The molecule has 2 aromatic heterocycles. The van der Waals surface area contributed by atoms with Gasteiger partial charge in [-0.1, -0.05) is 6.07 Å². The zero-order valence-electron chi connectivity index (χ0n) is 11.4. The number of thiophene rings is 1. The molecule has 3 aromatic rings. The van der Waals surface area contributed by atoms with E-state index < -0.39 is 0 Å². The highest BCUT2D eigenvalue weighted by molar-refractivity contribution is 7.09. The number of rotatable bonds is 4. The molecule has 0 unspecified atom stereocenters. The number of fused-ring (bicyclic) bond motifs is 1. The van der Waals surface area contributed by atoms with Crippen LogP contribution in [0, 0.1) is 0 Å². The Balaban J connectivity index is 1.88. The summed E-state index contributed by atoms with van der Waals surface area (Å²) in [5, 5.41) is 4.31. The van der Waals surface area contributed by atoms with Crippen molar-refractivity contribution in [2.75, 3.05) is 24.2 Å². The normalized spacial score (nSPS) is 10.8. The highest BCUT2D eigenvalue weighted by Gasteiger charge is 2.08. The van der Waals surface area contributed by atoms with Crippen LogP contribution in [0.25, 0.3) is 10.8 Å². The number of benzene rings is 1. The molecular weight excluding hydrogens is 266 g/mol. The topological polar surface area (TPSA) is 42.1 Å². The molecule has 0 aliphatic heterocycles. The van der Waals surface area contributed by atoms with E-state index in [0.29, 0.717) is 0 Å². The quantitative estimate of drug-likeness (QED) is 0.744. The number of hydrogen-bond acceptors (Lipinski definition) is 4. The van der Waals surface area contributed by atoms with Crippen LogP contribution in [0.15, 0.2) is 48.1 Å². The van der Waals surface area contributed by atoms with Crippen molar-refractivity contribution in [2.45, 2.75) is 6.42 Å². The minimum Gasteiger partial charge on any atom is -0.398 e. The number of nitrogen functional groups attached to an aromatic ring is 1. The van der Waals surface area contributed by atoms with Crippen molar-refractivity contribution in [3.05, 3.63) is 53.0 Å². The molecule has 102 valence electrons. The van der Waals surface area contributed by atoms with Gasteiger partial charge in [-0.2, -0.15) is 0 Å². The van der Waals surface area contributed by atoms with Gasteiger partial charge in [-0.05, 0) is 36.1 Å². The Labute approximate surface area is 122 Å². The molecule has 4 heteroatoms. The number of nitrogens with two attached hydrogens (primary N) is 1. The van der Waals surface area contributed by atoms with E-state index in [1.54, 1.807) is 0 Å². The van der Waals surface area contributed by atoms with Crippen LogP contribution >= 0.6 is 11.3 Å². The fourth-order valence-electron chi connectivity index (χ4n) is 2.38. The number of hydrogen-bond donors (Lipinski definition) is 1. The molecule has 0 spiro atoms. The van der Waals surface area contributed by atoms with Gasteiger partial charge in [0.05, 0.1) is 0 Å². The first-order valence-corrected chi connectivity index (χ1v) is 7.49. The van der Waals surface area contributed by atoms with Gasteiger partial charge < -0.3 is 10.6 Å². The Morgan fingerprint density at radius 2 is 2.10 bits per heavy atom. The van der Waals surface area contributed by atoms with Gasteiger partial charge in [0.1, 0.15) is 0 Å². The summed E-state index contributed by atoms with van der Waals surface area (Å²) in [6.45, 7) is 0.988. The summed E-state index contributed by atoms with van der Waals surface area (Å²) in [5.41, 5.74) is 8.00. The van der Waals surface area contributed by atoms with E-state index in [-0.39, 0.29) is 0 Å². The van der Waals surface area contributed by atoms with Gasteiger partial charge in [-0.3, -0.25) is 4.98 Å². The second kappa shape index (κ2) is 5.51. The first-order chi connectivity index (χ1) is 9.75. The molecule has 0 amide bonds. The van der Waals surface area contributed by atoms with Gasteiger partial charge >= 0.3 is 0 Å². The highest BCUT2D eigenvalue weighted by Crippen LogP contribution is 2.29. The van der Waals surface area contributed by atoms with E-state index in [9.17, 15) is 0 Å². The van der Waals surface area contributed by atoms with Crippen molar-refractivity contribution < 1.29 is 0 Å². The number of likely N-dealkylation sites (N-methyl/N-ethyl adjacent to an activating group) is 1. The molecule has 0 saturated heterocycles. The summed E-state index contributed by atoms with van der Waals surface area (Å²) < 4.78 is 0. The monoisotopic (exact) mass is 283 g/mol. The van der Waals surface area contributed by atoms with E-state index in [2.05, 4.69) is 40.5 Å². The van der Waals surface area contributed by atoms with Crippen molar-refractivity contribution in [3.8, 4) is 0 Å². The van der Waals surface area contributed by atoms with E-state index in [1.807, 2.05) is 35.9 Å². The minimum atomic E-state index is 0.781. The third-order valence-corrected chi connectivity index (χ3v) is 4.45. The lowest BCUT2D eigenvalue weighted by atomic mass is 10.1. The molecule has 0 radical (unpaired) electrons. The summed E-state index contributed by atoms with van der Waals surface area (Å²) in [5.74, 6) is 0. The fourth-order valence-corrected chi connectivity index (χ4v) is 3.08. The molecule has 0 fully saturated rings. The minimum absolute atomic E-state index is 0.781. The van der Waals surface area contributed by atoms with Crippen LogP contribution < -0.4 is 10.6 Å². The lowest BCUT2D eigenvalue weighted by Crippen LogP contribution is -2.20. The van der Waals surface area contributed by atoms with Crippen LogP contribution in [0.1, 0.15) is 4.88 Å². The van der Waals surface area contributed by atoms with Gasteiger partial charge in [-0.15, -0.1) is 11.3 Å². The standard InChI is InChI=1S/C16H17N3S/c1-19(9-7-12-3-2-10-20-12)16-5-4-15(17)14-11-18-8-6-13(14)16/h2-6,8,10-11H,7,9,17H2,1H3. The van der Waals surface area contributed by atoms with Gasteiger partial charge in [0.15, 0.2) is 0 Å². The van der Waals surface area contributed by atoms with Crippen molar-refractivity contribution in [1.29, 1.82) is 0 Å². The molecule has 0 aliphatic rings. The van der Waals surface area contributed by atoms with Crippen LogP contribution in [-0.2, 0) is 6.42 Å². The maximum atomic E-state index is 6.02. The molecule has 3 nitrogen and oxygen atoms in total. The zero-order chi connectivity index (χ0) is 13.9. The van der Waals surface area contributed by atoms with Gasteiger partial charge in [0.25, 0.3) is 0 Å². The Morgan fingerprint density at radius 3 is 2.90 bits per heavy atom. The maximum absolute atomic E-state index is 6.02. The Morgan fingerprint density at radius 1 is 1.20 bits per heavy atom. The van der Waals surface area contributed by atoms with E-state index in [1.165, 1.54) is 10.6 Å². The Hall–Kier alpha value is -2.07. The first-order valence-electron chi connectivity index (χ1n) is 6.61. The summed E-state index contributed by atoms with van der Waals surface area (Å²) in [6.07, 6.45) is 4.71. The molecule has 0 bridgehead atoms. The van der Waals surface area contributed by atoms with Gasteiger partial charge in [-0.25, -0.2) is 0 Å². The largest absolute Gasteiger partial charge is 0.398 e. The fraction of sp³-hybridized carbons (Fsp3) is 0.188. The second-order valence-corrected chi connectivity index (χ2v) is 5.88. The SMILES string of the molecule is CN(CCc1cccs1)c1ccc(N)c2cnccc12. The zero-order valence-corrected chi connectivity index (χ0v) is 12.2. The number of nitrogens with zero attached hydrogens (tertiary/aromatic N) is 2. The first kappa shape index (κ1) is 12.9. The molecule has 3 rings (SSSR count). The molecule has 1 aromatic carbocycles. The smallest absolute Gasteiger partial charge is 0.0446 e. The van der Waals surface area contributed by atoms with Crippen molar-refractivity contribution >= 4 is 33.5 Å².